The van der Waals surface area contributed by atoms with E-state index in [0.717, 1.165) is 47.5 Å². The molecule has 0 amide bonds. The van der Waals surface area contributed by atoms with Gasteiger partial charge in [0.25, 0.3) is 0 Å². The zero-order chi connectivity index (χ0) is 15.6. The minimum Gasteiger partial charge on any atom is -0.342 e. The molecule has 0 aliphatic carbocycles. The Morgan fingerprint density at radius 2 is 2.04 bits per heavy atom. The molecule has 0 aliphatic rings. The van der Waals surface area contributed by atoms with Crippen LogP contribution in [0.15, 0.2) is 42.5 Å². The maximum absolute atomic E-state index is 4.42. The molecule has 0 bridgehead atoms. The topological polar surface area (TPSA) is 71.4 Å². The van der Waals surface area contributed by atoms with Gasteiger partial charge in [0.05, 0.1) is 23.1 Å². The fraction of sp³-hybridized carbons (Fsp3) is 0.235. The van der Waals surface area contributed by atoms with Crippen LogP contribution in [0.4, 0.5) is 0 Å². The Hall–Kier alpha value is -2.73. The average molecular weight is 306 g/mol. The van der Waals surface area contributed by atoms with Crippen LogP contribution >= 0.6 is 0 Å². The van der Waals surface area contributed by atoms with Crippen LogP contribution in [0.2, 0.25) is 0 Å². The van der Waals surface area contributed by atoms with Crippen molar-refractivity contribution in [2.75, 3.05) is 6.54 Å². The number of benzene rings is 2. The summed E-state index contributed by atoms with van der Waals surface area (Å²) in [6.45, 7) is 4.43. The maximum Gasteiger partial charge on any atom is 0.113 e. The number of imidazole rings is 1. The summed E-state index contributed by atoms with van der Waals surface area (Å²) in [5.74, 6) is 0.947. The molecule has 0 unspecified atom stereocenters. The van der Waals surface area contributed by atoms with Gasteiger partial charge in [-0.3, -0.25) is 0 Å². The number of aromatic amines is 1. The van der Waals surface area contributed by atoms with Crippen LogP contribution in [0.1, 0.15) is 11.4 Å². The second-order valence-corrected chi connectivity index (χ2v) is 5.65. The van der Waals surface area contributed by atoms with Crippen LogP contribution in [0.25, 0.3) is 22.1 Å². The van der Waals surface area contributed by atoms with Crippen molar-refractivity contribution in [1.82, 2.24) is 30.3 Å². The smallest absolute Gasteiger partial charge is 0.113 e. The van der Waals surface area contributed by atoms with Crippen LogP contribution in [-0.2, 0) is 13.1 Å². The molecule has 23 heavy (non-hydrogen) atoms. The van der Waals surface area contributed by atoms with E-state index in [9.17, 15) is 0 Å². The van der Waals surface area contributed by atoms with E-state index in [1.165, 1.54) is 5.56 Å². The molecule has 2 heterocycles. The van der Waals surface area contributed by atoms with Crippen LogP contribution in [0.5, 0.6) is 0 Å². The molecular weight excluding hydrogens is 288 g/mol. The summed E-state index contributed by atoms with van der Waals surface area (Å²) in [5, 5.41) is 11.8. The summed E-state index contributed by atoms with van der Waals surface area (Å²) >= 11 is 0. The van der Waals surface area contributed by atoms with Gasteiger partial charge in [0.15, 0.2) is 0 Å². The van der Waals surface area contributed by atoms with Gasteiger partial charge in [0, 0.05) is 13.1 Å². The first-order valence-electron chi connectivity index (χ1n) is 7.74. The van der Waals surface area contributed by atoms with Gasteiger partial charge < -0.3 is 10.3 Å². The van der Waals surface area contributed by atoms with Crippen molar-refractivity contribution in [3.63, 3.8) is 0 Å². The zero-order valence-electron chi connectivity index (χ0n) is 13.0. The summed E-state index contributed by atoms with van der Waals surface area (Å²) in [6, 6.07) is 14.3. The molecule has 116 valence electrons. The molecule has 6 nitrogen and oxygen atoms in total. The van der Waals surface area contributed by atoms with E-state index in [-0.39, 0.29) is 0 Å². The number of para-hydroxylation sites is 1. The van der Waals surface area contributed by atoms with Gasteiger partial charge in [-0.25, -0.2) is 9.67 Å². The number of H-pyrrole nitrogens is 1. The first-order chi connectivity index (χ1) is 11.3. The molecule has 0 radical (unpaired) electrons. The highest BCUT2D eigenvalue weighted by atomic mass is 15.4. The molecule has 4 rings (SSSR count). The number of rotatable bonds is 5. The van der Waals surface area contributed by atoms with Gasteiger partial charge in [0.2, 0.25) is 0 Å². The SMILES string of the molecule is Cc1nc2ccc(CNCCn3nnc4ccccc43)cc2[nH]1. The van der Waals surface area contributed by atoms with Crippen molar-refractivity contribution in [3.8, 4) is 0 Å². The number of nitrogens with one attached hydrogen (secondary N) is 2. The van der Waals surface area contributed by atoms with Gasteiger partial charge in [-0.2, -0.15) is 0 Å². The quantitative estimate of drug-likeness (QED) is 0.555. The third kappa shape index (κ3) is 2.80. The van der Waals surface area contributed by atoms with Crippen molar-refractivity contribution >= 4 is 22.1 Å². The molecule has 0 spiro atoms. The number of aryl methyl sites for hydroxylation is 1. The predicted molar refractivity (Wildman–Crippen MR) is 90.1 cm³/mol. The maximum atomic E-state index is 4.42. The molecule has 0 saturated heterocycles. The first-order valence-corrected chi connectivity index (χ1v) is 7.74. The molecular formula is C17H18N6. The average Bonchev–Trinajstić information content (AvgIpc) is 3.13. The summed E-state index contributed by atoms with van der Waals surface area (Å²) in [7, 11) is 0. The predicted octanol–water partition coefficient (Wildman–Crippen LogP) is 2.41. The third-order valence-electron chi connectivity index (χ3n) is 3.91. The summed E-state index contributed by atoms with van der Waals surface area (Å²) < 4.78 is 1.93. The lowest BCUT2D eigenvalue weighted by Crippen LogP contribution is -2.20. The molecule has 2 aromatic heterocycles. The fourth-order valence-electron chi connectivity index (χ4n) is 2.79. The minimum absolute atomic E-state index is 0.798. The number of fused-ring (bicyclic) bond motifs is 2. The van der Waals surface area contributed by atoms with E-state index in [0.29, 0.717) is 0 Å². The zero-order valence-corrected chi connectivity index (χ0v) is 13.0. The Morgan fingerprint density at radius 1 is 1.13 bits per heavy atom. The van der Waals surface area contributed by atoms with E-state index < -0.39 is 0 Å². The van der Waals surface area contributed by atoms with E-state index in [1.54, 1.807) is 0 Å². The van der Waals surface area contributed by atoms with Crippen LogP contribution in [0, 0.1) is 6.92 Å². The monoisotopic (exact) mass is 306 g/mol. The Labute approximate surface area is 133 Å². The second-order valence-electron chi connectivity index (χ2n) is 5.65. The van der Waals surface area contributed by atoms with Gasteiger partial charge in [0.1, 0.15) is 11.3 Å². The van der Waals surface area contributed by atoms with Crippen molar-refractivity contribution in [1.29, 1.82) is 0 Å². The highest BCUT2D eigenvalue weighted by Gasteiger charge is 2.03. The number of hydrogen-bond donors (Lipinski definition) is 2. The van der Waals surface area contributed by atoms with E-state index in [2.05, 4.69) is 43.8 Å². The van der Waals surface area contributed by atoms with Crippen molar-refractivity contribution in [2.24, 2.45) is 0 Å². The van der Waals surface area contributed by atoms with E-state index >= 15 is 0 Å². The molecule has 0 atom stereocenters. The normalized spacial score (nSPS) is 11.5. The Balaban J connectivity index is 1.37. The van der Waals surface area contributed by atoms with Crippen LogP contribution in [0.3, 0.4) is 0 Å². The molecule has 4 aromatic rings. The van der Waals surface area contributed by atoms with E-state index in [4.69, 9.17) is 0 Å². The van der Waals surface area contributed by atoms with E-state index in [1.807, 2.05) is 35.9 Å². The largest absolute Gasteiger partial charge is 0.342 e. The molecule has 2 N–H and O–H groups in total. The molecule has 0 saturated carbocycles. The number of aromatic nitrogens is 5. The standard InChI is InChI=1S/C17H18N6/c1-12-19-14-7-6-13(10-16(14)20-12)11-18-8-9-23-17-5-3-2-4-15(17)21-22-23/h2-7,10,18H,8-9,11H2,1H3,(H,19,20). The van der Waals surface area contributed by atoms with Gasteiger partial charge in [-0.1, -0.05) is 23.4 Å². The number of nitrogens with zero attached hydrogens (tertiary/aromatic N) is 4. The molecule has 0 aliphatic heterocycles. The van der Waals surface area contributed by atoms with Crippen molar-refractivity contribution in [3.05, 3.63) is 53.9 Å². The van der Waals surface area contributed by atoms with Crippen LogP contribution < -0.4 is 5.32 Å². The Bertz CT molecular complexity index is 952. The van der Waals surface area contributed by atoms with Crippen molar-refractivity contribution < 1.29 is 0 Å². The Kier molecular flexibility index (Phi) is 3.51. The lowest BCUT2D eigenvalue weighted by molar-refractivity contribution is 0.552. The highest BCUT2D eigenvalue weighted by Crippen LogP contribution is 2.13. The van der Waals surface area contributed by atoms with Gasteiger partial charge in [-0.05, 0) is 36.8 Å². The minimum atomic E-state index is 0.798. The second kappa shape index (κ2) is 5.81. The molecule has 6 heteroatoms. The fourth-order valence-corrected chi connectivity index (χ4v) is 2.79. The van der Waals surface area contributed by atoms with Gasteiger partial charge in [-0.15, -0.1) is 5.10 Å². The summed E-state index contributed by atoms with van der Waals surface area (Å²) in [5.41, 5.74) is 5.35. The number of hydrogen-bond acceptors (Lipinski definition) is 4. The summed E-state index contributed by atoms with van der Waals surface area (Å²) in [4.78, 5) is 7.69. The first kappa shape index (κ1) is 13.9. The van der Waals surface area contributed by atoms with Crippen molar-refractivity contribution in [2.45, 2.75) is 20.0 Å². The third-order valence-corrected chi connectivity index (χ3v) is 3.91. The molecule has 2 aromatic carbocycles. The highest BCUT2D eigenvalue weighted by molar-refractivity contribution is 5.75. The Morgan fingerprint density at radius 3 is 3.00 bits per heavy atom. The summed E-state index contributed by atoms with van der Waals surface area (Å²) in [6.07, 6.45) is 0. The van der Waals surface area contributed by atoms with Crippen LogP contribution in [-0.4, -0.2) is 31.5 Å². The lowest BCUT2D eigenvalue weighted by Gasteiger charge is -2.06. The lowest BCUT2D eigenvalue weighted by atomic mass is 10.2. The molecule has 0 fully saturated rings. The van der Waals surface area contributed by atoms with Gasteiger partial charge >= 0.3 is 0 Å².